The number of thiophene rings is 2. The van der Waals surface area contributed by atoms with Gasteiger partial charge in [-0.1, -0.05) is 126 Å². The number of benzene rings is 2. The van der Waals surface area contributed by atoms with E-state index in [9.17, 15) is 0 Å². The molecule has 0 radical (unpaired) electrons. The second-order valence-electron chi connectivity index (χ2n) is 33.5. The number of morpholine rings is 1. The molecule has 0 aliphatic carbocycles. The van der Waals surface area contributed by atoms with Crippen LogP contribution in [0.5, 0.6) is 0 Å². The van der Waals surface area contributed by atoms with Crippen LogP contribution >= 0.6 is 34.0 Å². The molecule has 18 heterocycles. The number of aromatic nitrogens is 21. The number of anilines is 6. The molecule has 20 rings (SSSR count). The van der Waals surface area contributed by atoms with E-state index in [0.29, 0.717) is 13.1 Å². The number of aryl methyl sites for hydroxylation is 8. The van der Waals surface area contributed by atoms with Crippen LogP contribution in [0.3, 0.4) is 0 Å². The van der Waals surface area contributed by atoms with E-state index in [0.717, 1.165) is 277 Å². The van der Waals surface area contributed by atoms with Crippen molar-refractivity contribution in [2.75, 3.05) is 90.9 Å². The van der Waals surface area contributed by atoms with E-state index in [1.807, 2.05) is 95.6 Å². The van der Waals surface area contributed by atoms with Gasteiger partial charge in [-0.3, -0.25) is 9.88 Å². The predicted molar refractivity (Wildman–Crippen MR) is 558 cm³/mol. The van der Waals surface area contributed by atoms with Crippen LogP contribution in [0.1, 0.15) is 146 Å². The summed E-state index contributed by atoms with van der Waals surface area (Å²) < 4.78 is 20.9. The summed E-state index contributed by atoms with van der Waals surface area (Å²) in [5.41, 5.74) is 17.2. The van der Waals surface area contributed by atoms with E-state index in [2.05, 4.69) is 335 Å². The summed E-state index contributed by atoms with van der Waals surface area (Å²) in [5.74, 6) is 10.3. The Kier molecular flexibility index (Phi) is 35.3. The van der Waals surface area contributed by atoms with E-state index in [-0.39, 0.29) is 0 Å². The smallest absolute Gasteiger partial charge is 0.154 e. The minimum Gasteiger partial charge on any atom is -0.379 e. The molecule has 136 heavy (non-hydrogen) atoms. The van der Waals surface area contributed by atoms with Gasteiger partial charge in [0.25, 0.3) is 0 Å². The maximum atomic E-state index is 5.42. The van der Waals surface area contributed by atoms with Crippen LogP contribution in [-0.4, -0.2) is 166 Å². The molecule has 1 fully saturated rings. The van der Waals surface area contributed by atoms with Gasteiger partial charge in [-0.05, 0) is 173 Å². The Labute approximate surface area is 807 Å². The molecule has 32 heteroatoms. The fourth-order valence-electron chi connectivity index (χ4n) is 16.2. The molecule has 19 aromatic rings. The van der Waals surface area contributed by atoms with Crippen LogP contribution in [0.25, 0.3) is 66.2 Å². The molecule has 0 bridgehead atoms. The summed E-state index contributed by atoms with van der Waals surface area (Å²) in [6, 6.07) is 49.6. The lowest BCUT2D eigenvalue weighted by Gasteiger charge is -2.26. The van der Waals surface area contributed by atoms with Gasteiger partial charge in [-0.2, -0.15) is 11.3 Å². The second-order valence-corrected chi connectivity index (χ2v) is 36.3. The summed E-state index contributed by atoms with van der Waals surface area (Å²) in [4.78, 5) is 67.5. The molecular formula is C104H126N28OS3. The van der Waals surface area contributed by atoms with Gasteiger partial charge in [0.1, 0.15) is 73.1 Å². The van der Waals surface area contributed by atoms with Crippen molar-refractivity contribution in [3.05, 3.63) is 296 Å². The van der Waals surface area contributed by atoms with Gasteiger partial charge in [0, 0.05) is 157 Å². The van der Waals surface area contributed by atoms with Crippen LogP contribution in [0.4, 0.5) is 34.9 Å². The normalized spacial score (nSPS) is 11.9. The zero-order valence-electron chi connectivity index (χ0n) is 79.8. The third-order valence-electron chi connectivity index (χ3n) is 22.9. The number of fused-ring (bicyclic) bond motifs is 6. The first kappa shape index (κ1) is 96.9. The van der Waals surface area contributed by atoms with Crippen LogP contribution in [0.15, 0.2) is 229 Å². The van der Waals surface area contributed by atoms with Gasteiger partial charge in [0.05, 0.1) is 71.6 Å². The third kappa shape index (κ3) is 26.9. The van der Waals surface area contributed by atoms with E-state index >= 15 is 0 Å². The average molecular weight is 1880 g/mol. The minimum absolute atomic E-state index is 0.628. The molecule has 0 atom stereocenters. The standard InChI is InChI=1S/C20H19N5.C18H17N5S.C17H27N5O.C17H23N5.2C16H20N4S/c1-15-23-18-10-12-25(14-16-7-3-2-4-8-16)19(18)20(24-15)22-13-17-9-5-6-11-21-17;1-13-21-15-7-9-23(12-14-5-3-2-4-6-14)17(15)18(22-13)20-11-16-19-8-10-24-16;1-3-4-6-18-17-16-15(19-14(2)20-17)5-7-22(16)9-8-21-10-12-23-13-11-21;1-3-4-8-18-17-16-15(19-14(2)20-17)7-11-22(16)13-12-21-9-5-6-10-21;1-3-4-7-17-16-15-14(18-12(2)19-16)5-8-20(15)10-13-6-9-21-11-13;1-3-4-8-17-16-15-14(18-12(2)19-16)7-9-20(15)11-13-6-5-10-21-13/h2-12H,13-14H2,1H3,(H,22,23,24);2-10H,11-12H2,1H3,(H,20,21,22);5,7H,3-4,6,8-13H2,1-2H3,(H,18,19,20);5-7,9-11H,3-4,8,12-13H2,1-2H3,(H,18,19,20);5-6,8-9,11H,3-4,7,10H2,1-2H3,(H,17,18,19);5-7,9-10H,3-4,8,11H2,1-2H3,(H,17,18,19). The fraction of sp³-hybridized carbons (Fsp3) is 0.346. The third-order valence-corrected chi connectivity index (χ3v) is 25.3. The molecule has 0 unspecified atom stereocenters. The molecule has 1 saturated heterocycles. The molecule has 6 N–H and O–H groups in total. The van der Waals surface area contributed by atoms with E-state index < -0.39 is 0 Å². The molecule has 0 saturated carbocycles. The maximum Gasteiger partial charge on any atom is 0.154 e. The van der Waals surface area contributed by atoms with Crippen molar-refractivity contribution < 1.29 is 4.74 Å². The number of ether oxygens (including phenoxy) is 1. The summed E-state index contributed by atoms with van der Waals surface area (Å²) >= 11 is 5.15. The molecule has 1 aliphatic heterocycles. The molecule has 2 aromatic carbocycles. The Bertz CT molecular complexity index is 6690. The Hall–Kier alpha value is -13.7. The molecule has 706 valence electrons. The lowest BCUT2D eigenvalue weighted by molar-refractivity contribution is 0.0365. The van der Waals surface area contributed by atoms with Gasteiger partial charge < -0.3 is 68.6 Å². The highest BCUT2D eigenvalue weighted by Gasteiger charge is 2.20. The van der Waals surface area contributed by atoms with Gasteiger partial charge in [-0.25, -0.2) is 64.8 Å². The number of unbranched alkanes of at least 4 members (excludes halogenated alkanes) is 4. The quantitative estimate of drug-likeness (QED) is 0.0199. The van der Waals surface area contributed by atoms with Crippen molar-refractivity contribution in [1.29, 1.82) is 0 Å². The van der Waals surface area contributed by atoms with Crippen LogP contribution < -0.4 is 31.9 Å². The summed E-state index contributed by atoms with van der Waals surface area (Å²) in [7, 11) is 0. The first-order valence-electron chi connectivity index (χ1n) is 47.4. The molecule has 29 nitrogen and oxygen atoms in total. The van der Waals surface area contributed by atoms with Crippen LogP contribution in [0, 0.1) is 41.5 Å². The first-order valence-corrected chi connectivity index (χ1v) is 50.1. The molecule has 0 amide bonds. The van der Waals surface area contributed by atoms with E-state index in [4.69, 9.17) is 4.74 Å². The Morgan fingerprint density at radius 2 is 0.706 bits per heavy atom. The number of thiazole rings is 1. The first-order chi connectivity index (χ1) is 66.7. The van der Waals surface area contributed by atoms with Gasteiger partial charge in [0.15, 0.2) is 34.9 Å². The Morgan fingerprint density at radius 3 is 1.09 bits per heavy atom. The van der Waals surface area contributed by atoms with Crippen molar-refractivity contribution in [2.45, 2.75) is 180 Å². The zero-order chi connectivity index (χ0) is 94.2. The SMILES string of the molecule is CCCCNc1nc(C)nc2ccn(CCN3CCOCC3)c12.CCCCNc1nc(C)nc2ccn(CCn3cccc3)c12.CCCCNc1nc(C)nc2ccn(Cc3cccs3)c12.CCCCNc1nc(C)nc2ccn(Cc3ccsc3)c12.Cc1nc(NCc2ccccn2)c2c(ccn2Cc2ccccc2)n1.Cc1nc(NCc2nccs2)c2c(ccn2Cc2ccccc2)n1. The summed E-state index contributed by atoms with van der Waals surface area (Å²) in [5, 5.41) is 30.2. The lowest BCUT2D eigenvalue weighted by atomic mass is 10.2. The largest absolute Gasteiger partial charge is 0.379 e. The van der Waals surface area contributed by atoms with Crippen molar-refractivity contribution in [2.24, 2.45) is 0 Å². The van der Waals surface area contributed by atoms with Gasteiger partial charge >= 0.3 is 0 Å². The highest BCUT2D eigenvalue weighted by Crippen LogP contribution is 2.31. The predicted octanol–water partition coefficient (Wildman–Crippen LogP) is 21.5. The Morgan fingerprint density at radius 1 is 0.316 bits per heavy atom. The monoisotopic (exact) mass is 1880 g/mol. The second kappa shape index (κ2) is 49.5. The van der Waals surface area contributed by atoms with Crippen molar-refractivity contribution in [1.82, 2.24) is 107 Å². The number of hydrogen-bond donors (Lipinski definition) is 6. The minimum atomic E-state index is 0.628. The fourth-order valence-corrected chi connectivity index (χ4v) is 18.1. The lowest BCUT2D eigenvalue weighted by Crippen LogP contribution is -2.38. The van der Waals surface area contributed by atoms with Crippen molar-refractivity contribution >= 4 is 135 Å². The highest BCUT2D eigenvalue weighted by molar-refractivity contribution is 7.10. The van der Waals surface area contributed by atoms with Crippen molar-refractivity contribution in [3.63, 3.8) is 0 Å². The van der Waals surface area contributed by atoms with Crippen LogP contribution in [0.2, 0.25) is 0 Å². The molecule has 1 aliphatic rings. The number of pyridine rings is 1. The summed E-state index contributed by atoms with van der Waals surface area (Å²) in [6.45, 7) is 36.4. The molecule has 17 aromatic heterocycles. The zero-order valence-corrected chi connectivity index (χ0v) is 82.2. The number of nitrogens with one attached hydrogen (secondary N) is 6. The molecular weight excluding hydrogens is 1750 g/mol. The summed E-state index contributed by atoms with van der Waals surface area (Å²) in [6.07, 6.45) is 29.7. The van der Waals surface area contributed by atoms with Gasteiger partial charge in [-0.15, -0.1) is 22.7 Å². The van der Waals surface area contributed by atoms with Crippen LogP contribution in [-0.2, 0) is 63.6 Å². The average Bonchev–Trinajstić information content (AvgIpc) is 1.66. The number of hydrogen-bond acceptors (Lipinski definition) is 25. The number of rotatable bonds is 36. The molecule has 0 spiro atoms. The highest BCUT2D eigenvalue weighted by atomic mass is 32.1. The number of nitrogens with zero attached hydrogens (tertiary/aromatic N) is 22. The van der Waals surface area contributed by atoms with E-state index in [1.54, 1.807) is 40.2 Å². The van der Waals surface area contributed by atoms with Crippen molar-refractivity contribution in [3.8, 4) is 0 Å². The Balaban J connectivity index is 0.000000124. The topological polar surface area (TPSA) is 300 Å². The van der Waals surface area contributed by atoms with E-state index in [1.165, 1.54) is 47.3 Å². The maximum absolute atomic E-state index is 5.42. The van der Waals surface area contributed by atoms with Gasteiger partial charge in [0.2, 0.25) is 0 Å².